The van der Waals surface area contributed by atoms with E-state index in [4.69, 9.17) is 0 Å². The van der Waals surface area contributed by atoms with Gasteiger partial charge in [-0.1, -0.05) is 13.0 Å². The lowest BCUT2D eigenvalue weighted by Crippen LogP contribution is -2.14. The highest BCUT2D eigenvalue weighted by molar-refractivity contribution is 5.09. The second-order valence-corrected chi connectivity index (χ2v) is 2.95. The molecular formula is C10H16N2. The molecule has 1 aromatic rings. The third-order valence-electron chi connectivity index (χ3n) is 1.68. The number of hydrogen-bond donors (Lipinski definition) is 1. The monoisotopic (exact) mass is 164 g/mol. The van der Waals surface area contributed by atoms with Crippen LogP contribution in [0.1, 0.15) is 24.7 Å². The maximum absolute atomic E-state index is 4.38. The highest BCUT2D eigenvalue weighted by atomic mass is 14.9. The van der Waals surface area contributed by atoms with Gasteiger partial charge in [0.25, 0.3) is 0 Å². The third kappa shape index (κ3) is 3.01. The van der Waals surface area contributed by atoms with Crippen LogP contribution in [0, 0.1) is 6.92 Å². The summed E-state index contributed by atoms with van der Waals surface area (Å²) in [6.07, 6.45) is 1.17. The summed E-state index contributed by atoms with van der Waals surface area (Å²) in [5, 5.41) is 3.32. The molecule has 0 aliphatic heterocycles. The maximum Gasteiger partial charge on any atom is 0.0544 e. The van der Waals surface area contributed by atoms with E-state index in [9.17, 15) is 0 Å². The Kier molecular flexibility index (Phi) is 3.74. The molecule has 0 bridgehead atoms. The van der Waals surface area contributed by atoms with Gasteiger partial charge in [0, 0.05) is 12.2 Å². The van der Waals surface area contributed by atoms with Crippen molar-refractivity contribution in [3.8, 4) is 0 Å². The molecule has 0 amide bonds. The second-order valence-electron chi connectivity index (χ2n) is 2.95. The number of rotatable bonds is 4. The lowest BCUT2D eigenvalue weighted by molar-refractivity contribution is 0.663. The molecule has 0 aliphatic carbocycles. The molecule has 0 spiro atoms. The molecule has 0 fully saturated rings. The molecular weight excluding hydrogens is 148 g/mol. The number of nitrogens with zero attached hydrogens (tertiary/aromatic N) is 1. The summed E-state index contributed by atoms with van der Waals surface area (Å²) in [5.41, 5.74) is 2.22. The molecule has 1 aromatic heterocycles. The van der Waals surface area contributed by atoms with Crippen LogP contribution in [0.2, 0.25) is 0 Å². The fourth-order valence-corrected chi connectivity index (χ4v) is 1.09. The molecule has 1 rings (SSSR count). The van der Waals surface area contributed by atoms with Gasteiger partial charge in [0.05, 0.1) is 5.69 Å². The molecule has 0 unspecified atom stereocenters. The second kappa shape index (κ2) is 4.88. The SMILES string of the molecule is CCCNCc1cccc(C)n1. The number of hydrogen-bond acceptors (Lipinski definition) is 2. The fraction of sp³-hybridized carbons (Fsp3) is 0.500. The quantitative estimate of drug-likeness (QED) is 0.687. The van der Waals surface area contributed by atoms with Crippen molar-refractivity contribution in [2.24, 2.45) is 0 Å². The first kappa shape index (κ1) is 9.20. The summed E-state index contributed by atoms with van der Waals surface area (Å²) in [5.74, 6) is 0. The van der Waals surface area contributed by atoms with Crippen molar-refractivity contribution < 1.29 is 0 Å². The Bertz CT molecular complexity index is 233. The summed E-state index contributed by atoms with van der Waals surface area (Å²) < 4.78 is 0. The van der Waals surface area contributed by atoms with Gasteiger partial charge in [0.1, 0.15) is 0 Å². The van der Waals surface area contributed by atoms with Crippen molar-refractivity contribution in [2.45, 2.75) is 26.8 Å². The number of aryl methyl sites for hydroxylation is 1. The van der Waals surface area contributed by atoms with Crippen LogP contribution in [0.25, 0.3) is 0 Å². The van der Waals surface area contributed by atoms with E-state index in [0.717, 1.165) is 24.5 Å². The zero-order chi connectivity index (χ0) is 8.81. The molecule has 0 atom stereocenters. The zero-order valence-corrected chi connectivity index (χ0v) is 7.80. The fourth-order valence-electron chi connectivity index (χ4n) is 1.09. The highest BCUT2D eigenvalue weighted by Crippen LogP contribution is 1.96. The number of pyridine rings is 1. The minimum Gasteiger partial charge on any atom is -0.311 e. The van der Waals surface area contributed by atoms with Gasteiger partial charge in [-0.2, -0.15) is 0 Å². The smallest absolute Gasteiger partial charge is 0.0544 e. The molecule has 12 heavy (non-hydrogen) atoms. The van der Waals surface area contributed by atoms with Crippen molar-refractivity contribution >= 4 is 0 Å². The molecule has 0 saturated carbocycles. The van der Waals surface area contributed by atoms with Crippen LogP contribution in [-0.2, 0) is 6.54 Å². The Labute approximate surface area is 74.0 Å². The molecule has 1 heterocycles. The first-order chi connectivity index (χ1) is 5.83. The van der Waals surface area contributed by atoms with E-state index < -0.39 is 0 Å². The van der Waals surface area contributed by atoms with Gasteiger partial charge >= 0.3 is 0 Å². The van der Waals surface area contributed by atoms with Gasteiger partial charge in [-0.3, -0.25) is 4.98 Å². The summed E-state index contributed by atoms with van der Waals surface area (Å²) in [7, 11) is 0. The van der Waals surface area contributed by atoms with Gasteiger partial charge in [0.2, 0.25) is 0 Å². The minimum atomic E-state index is 0.884. The van der Waals surface area contributed by atoms with Crippen molar-refractivity contribution in [2.75, 3.05) is 6.54 Å². The summed E-state index contributed by atoms with van der Waals surface area (Å²) in [4.78, 5) is 4.38. The predicted octanol–water partition coefficient (Wildman–Crippen LogP) is 1.89. The van der Waals surface area contributed by atoms with Crippen LogP contribution in [0.3, 0.4) is 0 Å². The summed E-state index contributed by atoms with van der Waals surface area (Å²) >= 11 is 0. The van der Waals surface area contributed by atoms with Crippen LogP contribution < -0.4 is 5.32 Å². The van der Waals surface area contributed by atoms with Gasteiger partial charge in [0.15, 0.2) is 0 Å². The van der Waals surface area contributed by atoms with Crippen LogP contribution in [0.4, 0.5) is 0 Å². The molecule has 2 nitrogen and oxygen atoms in total. The standard InChI is InChI=1S/C10H16N2/c1-3-7-11-8-10-6-4-5-9(2)12-10/h4-6,11H,3,7-8H2,1-2H3. The van der Waals surface area contributed by atoms with Gasteiger partial charge < -0.3 is 5.32 Å². The van der Waals surface area contributed by atoms with E-state index >= 15 is 0 Å². The van der Waals surface area contributed by atoms with E-state index in [2.05, 4.69) is 23.3 Å². The summed E-state index contributed by atoms with van der Waals surface area (Å²) in [6, 6.07) is 6.12. The maximum atomic E-state index is 4.38. The number of nitrogens with one attached hydrogen (secondary N) is 1. The first-order valence-corrected chi connectivity index (χ1v) is 4.46. The normalized spacial score (nSPS) is 10.2. The molecule has 66 valence electrons. The zero-order valence-electron chi connectivity index (χ0n) is 7.80. The van der Waals surface area contributed by atoms with Gasteiger partial charge in [-0.05, 0) is 32.0 Å². The number of aromatic nitrogens is 1. The van der Waals surface area contributed by atoms with E-state index in [0.29, 0.717) is 0 Å². The van der Waals surface area contributed by atoms with E-state index in [1.807, 2.05) is 19.1 Å². The van der Waals surface area contributed by atoms with Crippen LogP contribution in [0.5, 0.6) is 0 Å². The highest BCUT2D eigenvalue weighted by Gasteiger charge is 1.92. The average Bonchev–Trinajstić information content (AvgIpc) is 2.05. The van der Waals surface area contributed by atoms with E-state index in [1.54, 1.807) is 0 Å². The molecule has 2 heteroatoms. The van der Waals surface area contributed by atoms with Crippen LogP contribution in [0.15, 0.2) is 18.2 Å². The molecule has 0 aromatic carbocycles. The van der Waals surface area contributed by atoms with E-state index in [-0.39, 0.29) is 0 Å². The van der Waals surface area contributed by atoms with Crippen molar-refractivity contribution in [1.29, 1.82) is 0 Å². The Balaban J connectivity index is 2.41. The summed E-state index contributed by atoms with van der Waals surface area (Å²) in [6.45, 7) is 6.13. The average molecular weight is 164 g/mol. The molecule has 0 radical (unpaired) electrons. The first-order valence-electron chi connectivity index (χ1n) is 4.46. The van der Waals surface area contributed by atoms with Crippen LogP contribution >= 0.6 is 0 Å². The Morgan fingerprint density at radius 2 is 2.25 bits per heavy atom. The predicted molar refractivity (Wildman–Crippen MR) is 51.0 cm³/mol. The van der Waals surface area contributed by atoms with Gasteiger partial charge in [-0.25, -0.2) is 0 Å². The van der Waals surface area contributed by atoms with Crippen molar-refractivity contribution in [3.63, 3.8) is 0 Å². The third-order valence-corrected chi connectivity index (χ3v) is 1.68. The van der Waals surface area contributed by atoms with E-state index in [1.165, 1.54) is 6.42 Å². The largest absolute Gasteiger partial charge is 0.311 e. The Morgan fingerprint density at radius 3 is 2.92 bits per heavy atom. The Morgan fingerprint density at radius 1 is 1.42 bits per heavy atom. The van der Waals surface area contributed by atoms with Gasteiger partial charge in [-0.15, -0.1) is 0 Å². The molecule has 0 aliphatic rings. The Hall–Kier alpha value is -0.890. The molecule has 1 N–H and O–H groups in total. The van der Waals surface area contributed by atoms with Crippen LogP contribution in [-0.4, -0.2) is 11.5 Å². The van der Waals surface area contributed by atoms with Crippen molar-refractivity contribution in [3.05, 3.63) is 29.6 Å². The molecule has 0 saturated heterocycles. The topological polar surface area (TPSA) is 24.9 Å². The lowest BCUT2D eigenvalue weighted by atomic mass is 10.3. The van der Waals surface area contributed by atoms with Crippen molar-refractivity contribution in [1.82, 2.24) is 10.3 Å². The lowest BCUT2D eigenvalue weighted by Gasteiger charge is -2.02. The minimum absolute atomic E-state index is 0.884.